The van der Waals surface area contributed by atoms with Crippen molar-refractivity contribution in [3.8, 4) is 11.4 Å². The van der Waals surface area contributed by atoms with E-state index >= 15 is 0 Å². The van der Waals surface area contributed by atoms with Crippen molar-refractivity contribution in [1.29, 1.82) is 0 Å². The van der Waals surface area contributed by atoms with Gasteiger partial charge in [-0.05, 0) is 28.1 Å². The fourth-order valence-electron chi connectivity index (χ4n) is 1.79. The van der Waals surface area contributed by atoms with Crippen molar-refractivity contribution < 1.29 is 4.74 Å². The van der Waals surface area contributed by atoms with Crippen molar-refractivity contribution in [3.63, 3.8) is 0 Å². The average Bonchev–Trinajstić information content (AvgIpc) is 2.82. The molecular weight excluding hydrogens is 306 g/mol. The van der Waals surface area contributed by atoms with Gasteiger partial charge in [0.2, 0.25) is 0 Å². The second-order valence-corrected chi connectivity index (χ2v) is 5.91. The molecule has 0 atom stereocenters. The van der Waals surface area contributed by atoms with Crippen molar-refractivity contribution in [2.75, 3.05) is 13.7 Å². The maximum atomic E-state index is 5.81. The van der Waals surface area contributed by atoms with Gasteiger partial charge in [0.1, 0.15) is 5.75 Å². The van der Waals surface area contributed by atoms with Gasteiger partial charge < -0.3 is 10.5 Å². The van der Waals surface area contributed by atoms with Gasteiger partial charge in [0, 0.05) is 24.2 Å². The molecule has 4 nitrogen and oxygen atoms in total. The Bertz CT molecular complexity index is 578. The quantitative estimate of drug-likeness (QED) is 0.941. The summed E-state index contributed by atoms with van der Waals surface area (Å²) in [6.45, 7) is 4.70. The Morgan fingerprint density at radius 2 is 2.16 bits per heavy atom. The smallest absolute Gasteiger partial charge is 0.121 e. The maximum absolute atomic E-state index is 5.81. The topological polar surface area (TPSA) is 53.1 Å². The summed E-state index contributed by atoms with van der Waals surface area (Å²) in [6, 6.07) is 7.78. The van der Waals surface area contributed by atoms with Crippen LogP contribution in [0.1, 0.15) is 19.5 Å². The highest BCUT2D eigenvalue weighted by Crippen LogP contribution is 2.29. The van der Waals surface area contributed by atoms with Crippen LogP contribution in [0.2, 0.25) is 0 Å². The number of aromatic nitrogens is 2. The van der Waals surface area contributed by atoms with Crippen molar-refractivity contribution in [1.82, 2.24) is 9.78 Å². The van der Waals surface area contributed by atoms with Crippen LogP contribution in [-0.2, 0) is 5.41 Å². The molecule has 5 heteroatoms. The van der Waals surface area contributed by atoms with Crippen LogP contribution >= 0.6 is 15.9 Å². The normalized spacial score (nSPS) is 11.6. The molecule has 0 fully saturated rings. The lowest BCUT2D eigenvalue weighted by atomic mass is 9.90. The molecule has 19 heavy (non-hydrogen) atoms. The Hall–Kier alpha value is -1.33. The molecule has 1 aromatic carbocycles. The lowest BCUT2D eigenvalue weighted by Gasteiger charge is -2.20. The van der Waals surface area contributed by atoms with Crippen LogP contribution in [0, 0.1) is 0 Å². The van der Waals surface area contributed by atoms with E-state index in [1.165, 1.54) is 0 Å². The van der Waals surface area contributed by atoms with Gasteiger partial charge >= 0.3 is 0 Å². The van der Waals surface area contributed by atoms with Crippen LogP contribution in [0.4, 0.5) is 0 Å². The van der Waals surface area contributed by atoms with E-state index in [1.807, 2.05) is 35.1 Å². The highest BCUT2D eigenvalue weighted by molar-refractivity contribution is 9.10. The number of nitrogens with two attached hydrogens (primary N) is 1. The molecule has 0 aliphatic heterocycles. The summed E-state index contributed by atoms with van der Waals surface area (Å²) in [6.07, 6.45) is 1.95. The van der Waals surface area contributed by atoms with Gasteiger partial charge in [-0.2, -0.15) is 5.10 Å². The average molecular weight is 324 g/mol. The Labute approximate surface area is 121 Å². The number of hydrogen-bond donors (Lipinski definition) is 1. The number of nitrogens with zero attached hydrogens (tertiary/aromatic N) is 2. The zero-order valence-electron chi connectivity index (χ0n) is 11.4. The molecule has 1 heterocycles. The van der Waals surface area contributed by atoms with E-state index in [2.05, 4.69) is 34.9 Å². The molecule has 1 aromatic heterocycles. The third kappa shape index (κ3) is 2.82. The molecule has 0 saturated heterocycles. The first-order valence-electron chi connectivity index (χ1n) is 6.08. The first kappa shape index (κ1) is 14.1. The van der Waals surface area contributed by atoms with Crippen LogP contribution in [-0.4, -0.2) is 23.4 Å². The Kier molecular flexibility index (Phi) is 3.96. The number of hydrogen-bond acceptors (Lipinski definition) is 3. The Morgan fingerprint density at radius 1 is 1.42 bits per heavy atom. The lowest BCUT2D eigenvalue weighted by Crippen LogP contribution is -2.29. The van der Waals surface area contributed by atoms with Gasteiger partial charge in [-0.25, -0.2) is 4.68 Å². The number of benzene rings is 1. The molecule has 102 valence electrons. The predicted molar refractivity (Wildman–Crippen MR) is 79.9 cm³/mol. The molecule has 0 aliphatic rings. The molecule has 2 rings (SSSR count). The molecule has 2 aromatic rings. The summed E-state index contributed by atoms with van der Waals surface area (Å²) < 4.78 is 8.03. The van der Waals surface area contributed by atoms with E-state index in [-0.39, 0.29) is 5.41 Å². The van der Waals surface area contributed by atoms with Crippen LogP contribution in [0.25, 0.3) is 5.69 Å². The van der Waals surface area contributed by atoms with Gasteiger partial charge in [-0.15, -0.1) is 0 Å². The zero-order valence-corrected chi connectivity index (χ0v) is 12.9. The highest BCUT2D eigenvalue weighted by Gasteiger charge is 2.25. The fourth-order valence-corrected chi connectivity index (χ4v) is 2.60. The summed E-state index contributed by atoms with van der Waals surface area (Å²) in [7, 11) is 1.65. The van der Waals surface area contributed by atoms with Crippen molar-refractivity contribution >= 4 is 15.9 Å². The second kappa shape index (κ2) is 5.35. The number of methoxy groups -OCH3 is 1. The molecule has 0 saturated carbocycles. The number of ether oxygens (including phenoxy) is 1. The fraction of sp³-hybridized carbons (Fsp3) is 0.357. The van der Waals surface area contributed by atoms with E-state index in [9.17, 15) is 0 Å². The summed E-state index contributed by atoms with van der Waals surface area (Å²) in [5, 5.41) is 4.63. The SMILES string of the molecule is COc1cccc(-n2cc(Br)c(C(C)(C)CN)n2)c1. The van der Waals surface area contributed by atoms with E-state index in [0.717, 1.165) is 21.6 Å². The van der Waals surface area contributed by atoms with E-state index in [4.69, 9.17) is 10.5 Å². The lowest BCUT2D eigenvalue weighted by molar-refractivity contribution is 0.414. The number of halogens is 1. The van der Waals surface area contributed by atoms with E-state index in [0.29, 0.717) is 6.54 Å². The van der Waals surface area contributed by atoms with Crippen molar-refractivity contribution in [2.45, 2.75) is 19.3 Å². The maximum Gasteiger partial charge on any atom is 0.121 e. The third-order valence-electron chi connectivity index (χ3n) is 3.14. The second-order valence-electron chi connectivity index (χ2n) is 5.06. The van der Waals surface area contributed by atoms with Gasteiger partial charge in [-0.1, -0.05) is 19.9 Å². The Balaban J connectivity index is 2.44. The van der Waals surface area contributed by atoms with Gasteiger partial charge in [0.15, 0.2) is 0 Å². The minimum Gasteiger partial charge on any atom is -0.497 e. The third-order valence-corrected chi connectivity index (χ3v) is 3.72. The first-order chi connectivity index (χ1) is 8.97. The molecule has 2 N–H and O–H groups in total. The molecule has 0 spiro atoms. The summed E-state index contributed by atoms with van der Waals surface area (Å²) in [5.74, 6) is 0.809. The van der Waals surface area contributed by atoms with Crippen LogP contribution in [0.5, 0.6) is 5.75 Å². The molecule has 0 bridgehead atoms. The monoisotopic (exact) mass is 323 g/mol. The molecule has 0 amide bonds. The molecular formula is C14H18BrN3O. The van der Waals surface area contributed by atoms with Crippen molar-refractivity contribution in [2.24, 2.45) is 5.73 Å². The molecule has 0 radical (unpaired) electrons. The summed E-state index contributed by atoms with van der Waals surface area (Å²) in [4.78, 5) is 0. The van der Waals surface area contributed by atoms with E-state index in [1.54, 1.807) is 7.11 Å². The van der Waals surface area contributed by atoms with Crippen molar-refractivity contribution in [3.05, 3.63) is 40.6 Å². The predicted octanol–water partition coefficient (Wildman–Crippen LogP) is 2.88. The van der Waals surface area contributed by atoms with Crippen LogP contribution < -0.4 is 10.5 Å². The largest absolute Gasteiger partial charge is 0.497 e. The zero-order chi connectivity index (χ0) is 14.0. The van der Waals surface area contributed by atoms with Crippen LogP contribution in [0.3, 0.4) is 0 Å². The number of rotatable bonds is 4. The first-order valence-corrected chi connectivity index (χ1v) is 6.87. The van der Waals surface area contributed by atoms with Gasteiger partial charge in [0.25, 0.3) is 0 Å². The molecule has 0 unspecified atom stereocenters. The minimum atomic E-state index is -0.164. The minimum absolute atomic E-state index is 0.164. The highest BCUT2D eigenvalue weighted by atomic mass is 79.9. The van der Waals surface area contributed by atoms with Gasteiger partial charge in [-0.3, -0.25) is 0 Å². The Morgan fingerprint density at radius 3 is 2.79 bits per heavy atom. The van der Waals surface area contributed by atoms with Gasteiger partial charge in [0.05, 0.1) is 23.0 Å². The molecule has 0 aliphatic carbocycles. The summed E-state index contributed by atoms with van der Waals surface area (Å²) >= 11 is 3.56. The standard InChI is InChI=1S/C14H18BrN3O/c1-14(2,9-16)13-12(15)8-18(17-13)10-5-4-6-11(7-10)19-3/h4-8H,9,16H2,1-3H3. The summed E-state index contributed by atoms with van der Waals surface area (Å²) in [5.41, 5.74) is 7.56. The van der Waals surface area contributed by atoms with E-state index < -0.39 is 0 Å². The van der Waals surface area contributed by atoms with Crippen LogP contribution in [0.15, 0.2) is 34.9 Å².